The quantitative estimate of drug-likeness (QED) is 0.893. The van der Waals surface area contributed by atoms with E-state index >= 15 is 0 Å². The molecule has 1 aromatic carbocycles. The highest BCUT2D eigenvalue weighted by atomic mass is 32.1. The van der Waals surface area contributed by atoms with Gasteiger partial charge in [-0.05, 0) is 38.3 Å². The second kappa shape index (κ2) is 6.16. The van der Waals surface area contributed by atoms with Crippen LogP contribution in [0, 0.1) is 6.92 Å². The second-order valence-electron chi connectivity index (χ2n) is 6.25. The summed E-state index contributed by atoms with van der Waals surface area (Å²) >= 11 is 1.66. The maximum Gasteiger partial charge on any atom is 0.140 e. The number of nitrogens with two attached hydrogens (primary N) is 1. The lowest BCUT2D eigenvalue weighted by molar-refractivity contribution is 0.303. The molecule has 0 saturated heterocycles. The minimum absolute atomic E-state index is 0.363. The third-order valence-corrected chi connectivity index (χ3v) is 4.66. The third-order valence-electron chi connectivity index (χ3n) is 3.27. The van der Waals surface area contributed by atoms with E-state index in [4.69, 9.17) is 15.5 Å². The van der Waals surface area contributed by atoms with Gasteiger partial charge in [-0.3, -0.25) is 0 Å². The first-order valence-corrected chi connectivity index (χ1v) is 8.08. The average Bonchev–Trinajstić information content (AvgIpc) is 2.82. The van der Waals surface area contributed by atoms with E-state index in [1.165, 1.54) is 0 Å². The Morgan fingerprint density at radius 3 is 2.48 bits per heavy atom. The van der Waals surface area contributed by atoms with Crippen LogP contribution in [0.15, 0.2) is 24.3 Å². The number of hydrogen-bond donors (Lipinski definition) is 1. The van der Waals surface area contributed by atoms with Crippen LogP contribution in [0.2, 0.25) is 0 Å². The molecule has 0 spiro atoms. The van der Waals surface area contributed by atoms with Crippen molar-refractivity contribution in [3.8, 4) is 5.75 Å². The fraction of sp³-hybridized carbons (Fsp3) is 0.471. The predicted molar refractivity (Wildman–Crippen MR) is 88.9 cm³/mol. The summed E-state index contributed by atoms with van der Waals surface area (Å²) in [7, 11) is 0. The third kappa shape index (κ3) is 3.83. The average molecular weight is 304 g/mol. The Labute approximate surface area is 131 Å². The molecule has 21 heavy (non-hydrogen) atoms. The zero-order chi connectivity index (χ0) is 15.6. The van der Waals surface area contributed by atoms with Crippen LogP contribution >= 0.6 is 11.3 Å². The first kappa shape index (κ1) is 16.0. The van der Waals surface area contributed by atoms with Crippen molar-refractivity contribution in [1.29, 1.82) is 0 Å². The van der Waals surface area contributed by atoms with Gasteiger partial charge in [0.15, 0.2) is 0 Å². The Bertz CT molecular complexity index is 611. The Morgan fingerprint density at radius 1 is 1.29 bits per heavy atom. The monoisotopic (exact) mass is 304 g/mol. The summed E-state index contributed by atoms with van der Waals surface area (Å²) in [4.78, 5) is 5.89. The molecule has 4 heteroatoms. The van der Waals surface area contributed by atoms with Crippen molar-refractivity contribution in [2.45, 2.75) is 52.7 Å². The molecular weight excluding hydrogens is 280 g/mol. The van der Waals surface area contributed by atoms with Gasteiger partial charge in [-0.2, -0.15) is 0 Å². The van der Waals surface area contributed by atoms with E-state index < -0.39 is 0 Å². The number of hydrogen-bond acceptors (Lipinski definition) is 4. The molecule has 0 unspecified atom stereocenters. The van der Waals surface area contributed by atoms with Gasteiger partial charge in [-0.1, -0.05) is 32.0 Å². The molecule has 114 valence electrons. The van der Waals surface area contributed by atoms with Crippen molar-refractivity contribution in [3.63, 3.8) is 0 Å². The minimum Gasteiger partial charge on any atom is -0.486 e. The van der Waals surface area contributed by atoms with E-state index in [1.54, 1.807) is 11.3 Å². The standard InChI is InChI=1S/C17H24N2OS/c1-11(2)15-16(17(4,5)18)21-14(19-15)10-20-13-9-7-6-8-12(13)3/h6-9,11H,10,18H2,1-5H3. The summed E-state index contributed by atoms with van der Waals surface area (Å²) in [6, 6.07) is 8.03. The lowest BCUT2D eigenvalue weighted by atomic mass is 9.98. The maximum absolute atomic E-state index is 6.27. The van der Waals surface area contributed by atoms with E-state index in [-0.39, 0.29) is 5.54 Å². The molecule has 0 amide bonds. The smallest absolute Gasteiger partial charge is 0.140 e. The van der Waals surface area contributed by atoms with Crippen LogP contribution in [-0.4, -0.2) is 4.98 Å². The zero-order valence-electron chi connectivity index (χ0n) is 13.4. The fourth-order valence-electron chi connectivity index (χ4n) is 2.15. The molecule has 0 aliphatic rings. The summed E-state index contributed by atoms with van der Waals surface area (Å²) < 4.78 is 5.89. The largest absolute Gasteiger partial charge is 0.486 e. The Hall–Kier alpha value is -1.39. The molecule has 0 saturated carbocycles. The molecule has 0 bridgehead atoms. The lowest BCUT2D eigenvalue weighted by Crippen LogP contribution is -2.28. The second-order valence-corrected chi connectivity index (χ2v) is 7.34. The van der Waals surface area contributed by atoms with Crippen molar-refractivity contribution in [2.24, 2.45) is 5.73 Å². The van der Waals surface area contributed by atoms with Crippen LogP contribution in [0.25, 0.3) is 0 Å². The first-order valence-electron chi connectivity index (χ1n) is 7.26. The van der Waals surface area contributed by atoms with Gasteiger partial charge in [-0.15, -0.1) is 11.3 Å². The molecule has 0 atom stereocenters. The lowest BCUT2D eigenvalue weighted by Gasteiger charge is -2.19. The van der Waals surface area contributed by atoms with Crippen LogP contribution in [-0.2, 0) is 12.1 Å². The van der Waals surface area contributed by atoms with Crippen molar-refractivity contribution < 1.29 is 4.74 Å². The van der Waals surface area contributed by atoms with Gasteiger partial charge < -0.3 is 10.5 Å². The van der Waals surface area contributed by atoms with Gasteiger partial charge in [0.05, 0.1) is 5.69 Å². The Morgan fingerprint density at radius 2 is 1.95 bits per heavy atom. The van der Waals surface area contributed by atoms with Crippen LogP contribution in [0.3, 0.4) is 0 Å². The van der Waals surface area contributed by atoms with Crippen LogP contribution in [0.4, 0.5) is 0 Å². The van der Waals surface area contributed by atoms with E-state index in [9.17, 15) is 0 Å². The number of thiazole rings is 1. The highest BCUT2D eigenvalue weighted by Gasteiger charge is 2.25. The van der Waals surface area contributed by atoms with Gasteiger partial charge in [-0.25, -0.2) is 4.98 Å². The molecular formula is C17H24N2OS. The van der Waals surface area contributed by atoms with Crippen LogP contribution in [0.1, 0.15) is 54.8 Å². The van der Waals surface area contributed by atoms with Gasteiger partial charge in [0.2, 0.25) is 0 Å². The highest BCUT2D eigenvalue weighted by Crippen LogP contribution is 2.33. The molecule has 0 fully saturated rings. The van der Waals surface area contributed by atoms with Gasteiger partial charge in [0.1, 0.15) is 17.4 Å². The van der Waals surface area contributed by atoms with Crippen molar-refractivity contribution >= 4 is 11.3 Å². The predicted octanol–water partition coefficient (Wildman–Crippen LogP) is 4.35. The highest BCUT2D eigenvalue weighted by molar-refractivity contribution is 7.11. The zero-order valence-corrected chi connectivity index (χ0v) is 14.3. The molecule has 2 rings (SSSR count). The van der Waals surface area contributed by atoms with Gasteiger partial charge >= 0.3 is 0 Å². The number of rotatable bonds is 5. The van der Waals surface area contributed by atoms with Crippen molar-refractivity contribution in [3.05, 3.63) is 45.4 Å². The first-order chi connectivity index (χ1) is 9.79. The fourth-order valence-corrected chi connectivity index (χ4v) is 3.30. The molecule has 3 nitrogen and oxygen atoms in total. The number of para-hydroxylation sites is 1. The van der Waals surface area contributed by atoms with Gasteiger partial charge in [0, 0.05) is 10.4 Å². The Balaban J connectivity index is 2.20. The Kier molecular flexibility index (Phi) is 4.69. The molecule has 0 radical (unpaired) electrons. The van der Waals surface area contributed by atoms with E-state index in [1.807, 2.05) is 45.0 Å². The SMILES string of the molecule is Cc1ccccc1OCc1nc(C(C)C)c(C(C)(C)N)s1. The maximum atomic E-state index is 6.27. The number of nitrogens with zero attached hydrogens (tertiary/aromatic N) is 1. The summed E-state index contributed by atoms with van der Waals surface area (Å²) in [6.07, 6.45) is 0. The summed E-state index contributed by atoms with van der Waals surface area (Å²) in [5, 5.41) is 0.982. The molecule has 1 aromatic heterocycles. The topological polar surface area (TPSA) is 48.1 Å². The summed E-state index contributed by atoms with van der Waals surface area (Å²) in [5.74, 6) is 1.28. The molecule has 2 N–H and O–H groups in total. The van der Waals surface area contributed by atoms with Gasteiger partial charge in [0.25, 0.3) is 0 Å². The van der Waals surface area contributed by atoms with E-state index in [0.29, 0.717) is 12.5 Å². The van der Waals surface area contributed by atoms with Crippen LogP contribution < -0.4 is 10.5 Å². The molecule has 0 aliphatic carbocycles. The number of aromatic nitrogens is 1. The van der Waals surface area contributed by atoms with Crippen molar-refractivity contribution in [1.82, 2.24) is 4.98 Å². The van der Waals surface area contributed by atoms with E-state index in [2.05, 4.69) is 13.8 Å². The number of ether oxygens (including phenoxy) is 1. The minimum atomic E-state index is -0.363. The van der Waals surface area contributed by atoms with Crippen molar-refractivity contribution in [2.75, 3.05) is 0 Å². The number of aryl methyl sites for hydroxylation is 1. The van der Waals surface area contributed by atoms with E-state index in [0.717, 1.165) is 26.9 Å². The number of benzene rings is 1. The molecule has 1 heterocycles. The summed E-state index contributed by atoms with van der Waals surface area (Å²) in [5.41, 5.74) is 8.14. The normalized spacial score (nSPS) is 12.0. The molecule has 0 aliphatic heterocycles. The van der Waals surface area contributed by atoms with Crippen LogP contribution in [0.5, 0.6) is 5.75 Å². The molecule has 2 aromatic rings. The summed E-state index contributed by atoms with van der Waals surface area (Å²) in [6.45, 7) is 10.9.